The van der Waals surface area contributed by atoms with Crippen molar-refractivity contribution < 1.29 is 4.79 Å². The van der Waals surface area contributed by atoms with E-state index in [0.717, 1.165) is 0 Å². The minimum Gasteiger partial charge on any atom is -0.375 e. The van der Waals surface area contributed by atoms with E-state index in [0.29, 0.717) is 4.48 Å². The number of hydrazone groups is 1. The fourth-order valence-electron chi connectivity index (χ4n) is 0.640. The molecule has 0 saturated heterocycles. The summed E-state index contributed by atoms with van der Waals surface area (Å²) in [5, 5.41) is 3.77. The van der Waals surface area contributed by atoms with Crippen molar-refractivity contribution in [3.05, 3.63) is 10.6 Å². The van der Waals surface area contributed by atoms with Crippen LogP contribution in [-0.4, -0.2) is 17.1 Å². The van der Waals surface area contributed by atoms with Crippen molar-refractivity contribution in [2.24, 2.45) is 16.8 Å². The average molecular weight is 278 g/mol. The number of carbonyl (C=O) groups excluding carboxylic acids is 1. The quantitative estimate of drug-likeness (QED) is 0.352. The summed E-state index contributed by atoms with van der Waals surface area (Å²) >= 11 is 7.68. The van der Waals surface area contributed by atoms with Crippen molar-refractivity contribution in [1.29, 1.82) is 0 Å². The molecular formula is C8H12BrN3OS. The van der Waals surface area contributed by atoms with Crippen LogP contribution in [0, 0.1) is 5.92 Å². The number of nitrogens with zero attached hydrogens (tertiary/aromatic N) is 1. The molecule has 0 aromatic heterocycles. The Morgan fingerprint density at radius 2 is 2.29 bits per heavy atom. The van der Waals surface area contributed by atoms with Crippen LogP contribution in [0.5, 0.6) is 0 Å². The Hall–Kier alpha value is -0.750. The van der Waals surface area contributed by atoms with Crippen LogP contribution < -0.4 is 11.2 Å². The Bertz CT molecular complexity index is 288. The van der Waals surface area contributed by atoms with Gasteiger partial charge in [0.2, 0.25) is 0 Å². The molecule has 3 N–H and O–H groups in total. The predicted octanol–water partition coefficient (Wildman–Crippen LogP) is 1.31. The highest BCUT2D eigenvalue weighted by Crippen LogP contribution is 2.11. The van der Waals surface area contributed by atoms with E-state index >= 15 is 0 Å². The van der Waals surface area contributed by atoms with E-state index in [2.05, 4.69) is 38.7 Å². The van der Waals surface area contributed by atoms with Crippen LogP contribution in [0.2, 0.25) is 0 Å². The van der Waals surface area contributed by atoms with Crippen molar-refractivity contribution in [2.45, 2.75) is 13.8 Å². The highest BCUT2D eigenvalue weighted by molar-refractivity contribution is 9.12. The molecule has 0 amide bonds. The van der Waals surface area contributed by atoms with Crippen LogP contribution in [0.1, 0.15) is 13.8 Å². The van der Waals surface area contributed by atoms with E-state index in [1.54, 1.807) is 19.9 Å². The lowest BCUT2D eigenvalue weighted by Crippen LogP contribution is -2.25. The maximum absolute atomic E-state index is 11.5. The highest BCUT2D eigenvalue weighted by atomic mass is 79.9. The van der Waals surface area contributed by atoms with Gasteiger partial charge >= 0.3 is 0 Å². The van der Waals surface area contributed by atoms with E-state index in [1.165, 1.54) is 6.21 Å². The summed E-state index contributed by atoms with van der Waals surface area (Å²) in [4.78, 5) is 11.5. The number of rotatable bonds is 4. The van der Waals surface area contributed by atoms with Gasteiger partial charge in [0.05, 0.1) is 10.4 Å². The standard InChI is InChI=1S/C8H12BrN3OS/c1-3-6(9)7(13)5(2)4-11-12-8(10)14/h3-5H,1-2H3,(H3,10,12,14)/b6-3+,11-4-. The molecule has 14 heavy (non-hydrogen) atoms. The number of ketones is 1. The molecule has 0 aliphatic heterocycles. The molecule has 1 unspecified atom stereocenters. The first kappa shape index (κ1) is 13.2. The maximum atomic E-state index is 11.5. The third-order valence-corrected chi connectivity index (χ3v) is 2.32. The minimum atomic E-state index is -0.317. The molecule has 78 valence electrons. The molecule has 6 heteroatoms. The van der Waals surface area contributed by atoms with Crippen LogP contribution >= 0.6 is 28.1 Å². The second kappa shape index (κ2) is 6.67. The summed E-state index contributed by atoms with van der Waals surface area (Å²) in [7, 11) is 0. The second-order valence-corrected chi connectivity index (χ2v) is 3.84. The molecule has 0 rings (SSSR count). The molecule has 0 heterocycles. The summed E-state index contributed by atoms with van der Waals surface area (Å²) in [6.07, 6.45) is 3.14. The van der Waals surface area contributed by atoms with E-state index in [9.17, 15) is 4.79 Å². The van der Waals surface area contributed by atoms with Crippen LogP contribution in [0.4, 0.5) is 0 Å². The molecule has 0 bridgehead atoms. The normalized spacial score (nSPS) is 14.1. The lowest BCUT2D eigenvalue weighted by atomic mass is 10.1. The summed E-state index contributed by atoms with van der Waals surface area (Å²) < 4.78 is 0.534. The number of halogens is 1. The van der Waals surface area contributed by atoms with Gasteiger partial charge in [-0.1, -0.05) is 13.0 Å². The smallest absolute Gasteiger partial charge is 0.184 e. The zero-order valence-electron chi connectivity index (χ0n) is 7.95. The first-order valence-electron chi connectivity index (χ1n) is 3.93. The number of carbonyl (C=O) groups is 1. The lowest BCUT2D eigenvalue weighted by Gasteiger charge is -2.03. The van der Waals surface area contributed by atoms with Gasteiger partial charge in [0.15, 0.2) is 10.9 Å². The number of nitrogens with two attached hydrogens (primary N) is 1. The summed E-state index contributed by atoms with van der Waals surface area (Å²) in [6, 6.07) is 0. The Labute approximate surface area is 96.7 Å². The first-order valence-corrected chi connectivity index (χ1v) is 5.13. The van der Waals surface area contributed by atoms with E-state index < -0.39 is 0 Å². The number of thiocarbonyl (C=S) groups is 1. The van der Waals surface area contributed by atoms with Gasteiger partial charge in [-0.05, 0) is 35.1 Å². The van der Waals surface area contributed by atoms with Crippen molar-refractivity contribution in [3.63, 3.8) is 0 Å². The number of Topliss-reactive ketones (excluding diaryl/α,β-unsaturated/α-hetero) is 1. The molecule has 0 aliphatic rings. The fourth-order valence-corrected chi connectivity index (χ4v) is 1.05. The molecular weight excluding hydrogens is 266 g/mol. The topological polar surface area (TPSA) is 67.5 Å². The molecule has 0 aromatic rings. The molecule has 0 aromatic carbocycles. The van der Waals surface area contributed by atoms with Crippen molar-refractivity contribution in [2.75, 3.05) is 0 Å². The predicted molar refractivity (Wildman–Crippen MR) is 65.3 cm³/mol. The number of hydrogen-bond acceptors (Lipinski definition) is 3. The minimum absolute atomic E-state index is 0.0408. The van der Waals surface area contributed by atoms with Gasteiger partial charge in [0.25, 0.3) is 0 Å². The third-order valence-electron chi connectivity index (χ3n) is 1.38. The van der Waals surface area contributed by atoms with E-state index in [-0.39, 0.29) is 16.8 Å². The van der Waals surface area contributed by atoms with Crippen LogP contribution in [-0.2, 0) is 4.79 Å². The van der Waals surface area contributed by atoms with Crippen molar-refractivity contribution >= 4 is 45.3 Å². The van der Waals surface area contributed by atoms with Gasteiger partial charge in [0.1, 0.15) is 0 Å². The van der Waals surface area contributed by atoms with Crippen LogP contribution in [0.15, 0.2) is 15.7 Å². The Morgan fingerprint density at radius 3 is 2.71 bits per heavy atom. The number of nitrogens with one attached hydrogen (secondary N) is 1. The monoisotopic (exact) mass is 277 g/mol. The zero-order valence-corrected chi connectivity index (χ0v) is 10.4. The fraction of sp³-hybridized carbons (Fsp3) is 0.375. The third kappa shape index (κ3) is 5.08. The van der Waals surface area contributed by atoms with Crippen LogP contribution in [0.3, 0.4) is 0 Å². The van der Waals surface area contributed by atoms with Gasteiger partial charge in [0, 0.05) is 6.21 Å². The molecule has 0 radical (unpaired) electrons. The van der Waals surface area contributed by atoms with Crippen molar-refractivity contribution in [3.8, 4) is 0 Å². The van der Waals surface area contributed by atoms with Crippen molar-refractivity contribution in [1.82, 2.24) is 5.43 Å². The van der Waals surface area contributed by atoms with Gasteiger partial charge in [-0.25, -0.2) is 0 Å². The molecule has 4 nitrogen and oxygen atoms in total. The lowest BCUT2D eigenvalue weighted by molar-refractivity contribution is -0.116. The van der Waals surface area contributed by atoms with Gasteiger partial charge in [-0.2, -0.15) is 5.10 Å². The summed E-state index contributed by atoms with van der Waals surface area (Å²) in [5.74, 6) is -0.358. The molecule has 0 aliphatic carbocycles. The average Bonchev–Trinajstić information content (AvgIpc) is 2.14. The second-order valence-electron chi connectivity index (χ2n) is 2.54. The van der Waals surface area contributed by atoms with Crippen LogP contribution in [0.25, 0.3) is 0 Å². The molecule has 0 saturated carbocycles. The Kier molecular flexibility index (Phi) is 6.31. The summed E-state index contributed by atoms with van der Waals surface area (Å²) in [6.45, 7) is 3.51. The van der Waals surface area contributed by atoms with Gasteiger partial charge in [-0.15, -0.1) is 0 Å². The first-order chi connectivity index (χ1) is 6.49. The Balaban J connectivity index is 4.21. The number of allylic oxidation sites excluding steroid dienone is 2. The maximum Gasteiger partial charge on any atom is 0.184 e. The largest absolute Gasteiger partial charge is 0.375 e. The van der Waals surface area contributed by atoms with E-state index in [4.69, 9.17) is 5.73 Å². The van der Waals surface area contributed by atoms with Gasteiger partial charge < -0.3 is 5.73 Å². The van der Waals surface area contributed by atoms with E-state index in [1.807, 2.05) is 0 Å². The molecule has 0 fully saturated rings. The molecule has 0 spiro atoms. The SMILES string of the molecule is C/C=C(/Br)C(=O)C(C)/C=N\NC(N)=S. The van der Waals surface area contributed by atoms with Gasteiger partial charge in [-0.3, -0.25) is 10.2 Å². The Morgan fingerprint density at radius 1 is 1.71 bits per heavy atom. The highest BCUT2D eigenvalue weighted by Gasteiger charge is 2.12. The number of hydrogen-bond donors (Lipinski definition) is 2. The molecule has 1 atom stereocenters. The summed E-state index contributed by atoms with van der Waals surface area (Å²) in [5.41, 5.74) is 7.52. The zero-order chi connectivity index (χ0) is 11.1.